The first-order chi connectivity index (χ1) is 19.1. The molecule has 3 aliphatic rings. The minimum atomic E-state index is -3.05. The molecule has 2 N–H and O–H groups in total. The van der Waals surface area contributed by atoms with Crippen molar-refractivity contribution in [2.45, 2.75) is 81.7 Å². The van der Waals surface area contributed by atoms with Crippen LogP contribution in [0.1, 0.15) is 90.6 Å². The van der Waals surface area contributed by atoms with Crippen LogP contribution in [0.5, 0.6) is 0 Å². The van der Waals surface area contributed by atoms with Crippen molar-refractivity contribution in [1.82, 2.24) is 25.1 Å². The molecule has 0 saturated heterocycles. The van der Waals surface area contributed by atoms with E-state index in [1.807, 2.05) is 29.8 Å². The highest BCUT2D eigenvalue weighted by molar-refractivity contribution is 6.03. The maximum atomic E-state index is 14.8. The number of carbonyl (C=O) groups is 1. The minimum Gasteiger partial charge on any atom is -0.321 e. The number of benzene rings is 1. The number of fused-ring (bicyclic) bond motifs is 1. The number of nitrogens with zero attached hydrogens (tertiary/aromatic N) is 5. The lowest BCUT2D eigenvalue weighted by molar-refractivity contribution is -0.00602. The second-order valence-corrected chi connectivity index (χ2v) is 12.0. The Labute approximate surface area is 232 Å². The van der Waals surface area contributed by atoms with Crippen LogP contribution in [0.2, 0.25) is 0 Å². The second kappa shape index (κ2) is 9.73. The number of rotatable bonds is 8. The van der Waals surface area contributed by atoms with Gasteiger partial charge in [0.05, 0.1) is 11.5 Å². The van der Waals surface area contributed by atoms with Gasteiger partial charge in [0.25, 0.3) is 11.8 Å². The molecule has 2 aromatic heterocycles. The van der Waals surface area contributed by atoms with E-state index in [2.05, 4.69) is 38.8 Å². The molecule has 2 fully saturated rings. The van der Waals surface area contributed by atoms with E-state index in [0.717, 1.165) is 43.5 Å². The molecule has 1 amide bonds. The topological polar surface area (TPSA) is 109 Å². The fourth-order valence-electron chi connectivity index (χ4n) is 6.63. The number of hydrogen-bond donors (Lipinski definition) is 2. The van der Waals surface area contributed by atoms with E-state index in [9.17, 15) is 18.8 Å². The fraction of sp³-hybridized carbons (Fsp3) is 0.500. The Balaban J connectivity index is 1.28. The molecular weight excluding hydrogens is 512 g/mol. The number of alkyl halides is 2. The average molecular weight is 546 g/mol. The van der Waals surface area contributed by atoms with Crippen LogP contribution in [0, 0.1) is 17.2 Å². The van der Waals surface area contributed by atoms with E-state index >= 15 is 0 Å². The summed E-state index contributed by atoms with van der Waals surface area (Å²) in [7, 11) is 1.90. The van der Waals surface area contributed by atoms with E-state index in [-0.39, 0.29) is 35.7 Å². The maximum absolute atomic E-state index is 14.8. The summed E-state index contributed by atoms with van der Waals surface area (Å²) >= 11 is 0. The Morgan fingerprint density at radius 3 is 2.70 bits per heavy atom. The van der Waals surface area contributed by atoms with Crippen LogP contribution in [-0.2, 0) is 31.4 Å². The standard InChI is InChI=1S/C30H33F2N7O/c1-28(9-4-10-28)34-17-20-13-24(37-25-23(20)7-11-30(25,31)32)26(40)36-22-6-3-5-21(14-22)29(15-19(16-29)8-12-33)27-38-35-18-39(27)2/h3,5-6,13-14,18-19,34H,4,7-11,15-17H2,1-2H3,(H,36,40). The molecule has 1 aromatic carbocycles. The number of anilines is 1. The van der Waals surface area contributed by atoms with Crippen LogP contribution in [0.4, 0.5) is 14.5 Å². The summed E-state index contributed by atoms with van der Waals surface area (Å²) < 4.78 is 31.4. The van der Waals surface area contributed by atoms with Gasteiger partial charge < -0.3 is 15.2 Å². The summed E-state index contributed by atoms with van der Waals surface area (Å²) in [5.74, 6) is -2.51. The van der Waals surface area contributed by atoms with Gasteiger partial charge in [-0.25, -0.2) is 4.98 Å². The SMILES string of the molecule is Cn1cnnc1C1(c2cccc(NC(=O)c3cc(CNC4(C)CCC4)c4c(n3)C(F)(F)CC4)c2)CC(CC#N)C1. The number of nitrogens with one attached hydrogen (secondary N) is 2. The van der Waals surface area contributed by atoms with Gasteiger partial charge >= 0.3 is 0 Å². The van der Waals surface area contributed by atoms with Gasteiger partial charge in [-0.05, 0) is 86.3 Å². The Kier molecular flexibility index (Phi) is 6.45. The zero-order valence-corrected chi connectivity index (χ0v) is 22.8. The third-order valence-electron chi connectivity index (χ3n) is 9.11. The lowest BCUT2D eigenvalue weighted by Gasteiger charge is -2.46. The lowest BCUT2D eigenvalue weighted by atomic mass is 9.57. The number of aryl methyl sites for hydroxylation is 1. The molecule has 10 heteroatoms. The molecule has 3 aromatic rings. The first-order valence-corrected chi connectivity index (χ1v) is 13.9. The molecule has 0 radical (unpaired) electrons. The molecule has 8 nitrogen and oxygen atoms in total. The van der Waals surface area contributed by atoms with E-state index in [4.69, 9.17) is 0 Å². The first-order valence-electron chi connectivity index (χ1n) is 13.9. The molecule has 2 heterocycles. The van der Waals surface area contributed by atoms with Crippen molar-refractivity contribution in [1.29, 1.82) is 5.26 Å². The molecular formula is C30H33F2N7O. The van der Waals surface area contributed by atoms with E-state index in [0.29, 0.717) is 29.8 Å². The zero-order chi connectivity index (χ0) is 28.1. The van der Waals surface area contributed by atoms with E-state index < -0.39 is 17.2 Å². The van der Waals surface area contributed by atoms with Gasteiger partial charge in [-0.3, -0.25) is 4.79 Å². The van der Waals surface area contributed by atoms with Gasteiger partial charge in [-0.2, -0.15) is 14.0 Å². The number of carbonyl (C=O) groups excluding carboxylic acids is 1. The van der Waals surface area contributed by atoms with Gasteiger partial charge in [-0.15, -0.1) is 10.2 Å². The van der Waals surface area contributed by atoms with Crippen LogP contribution >= 0.6 is 0 Å². The first kappa shape index (κ1) is 26.5. The number of hydrogen-bond acceptors (Lipinski definition) is 6. The third kappa shape index (κ3) is 4.56. The minimum absolute atomic E-state index is 0.00654. The van der Waals surface area contributed by atoms with Gasteiger partial charge in [0, 0.05) is 37.7 Å². The molecule has 0 unspecified atom stereocenters. The Bertz CT molecular complexity index is 1500. The highest BCUT2D eigenvalue weighted by Gasteiger charge is 2.50. The lowest BCUT2D eigenvalue weighted by Crippen LogP contribution is -2.47. The molecule has 0 bridgehead atoms. The van der Waals surface area contributed by atoms with Crippen molar-refractivity contribution in [3.8, 4) is 6.07 Å². The van der Waals surface area contributed by atoms with Crippen LogP contribution in [0.25, 0.3) is 0 Å². The number of aromatic nitrogens is 4. The largest absolute Gasteiger partial charge is 0.321 e. The quantitative estimate of drug-likeness (QED) is 0.406. The highest BCUT2D eigenvalue weighted by Crippen LogP contribution is 2.53. The number of nitriles is 1. The van der Waals surface area contributed by atoms with E-state index in [1.165, 1.54) is 0 Å². The summed E-state index contributed by atoms with van der Waals surface area (Å²) in [5.41, 5.74) is 2.08. The third-order valence-corrected chi connectivity index (χ3v) is 9.11. The smallest absolute Gasteiger partial charge is 0.290 e. The van der Waals surface area contributed by atoms with Crippen molar-refractivity contribution in [3.63, 3.8) is 0 Å². The molecule has 40 heavy (non-hydrogen) atoms. The molecule has 6 rings (SSSR count). The number of halogens is 2. The van der Waals surface area contributed by atoms with Crippen molar-refractivity contribution < 1.29 is 13.6 Å². The summed E-state index contributed by atoms with van der Waals surface area (Å²) in [5, 5.41) is 24.0. The van der Waals surface area contributed by atoms with Crippen molar-refractivity contribution in [3.05, 3.63) is 70.6 Å². The van der Waals surface area contributed by atoms with Gasteiger partial charge in [0.2, 0.25) is 0 Å². The second-order valence-electron chi connectivity index (χ2n) is 12.0. The van der Waals surface area contributed by atoms with Gasteiger partial charge in [0.15, 0.2) is 0 Å². The molecule has 0 spiro atoms. The molecule has 208 valence electrons. The highest BCUT2D eigenvalue weighted by atomic mass is 19.3. The van der Waals surface area contributed by atoms with Gasteiger partial charge in [-0.1, -0.05) is 12.1 Å². The summed E-state index contributed by atoms with van der Waals surface area (Å²) in [6.45, 7) is 2.57. The number of amides is 1. The Morgan fingerprint density at radius 2 is 2.02 bits per heavy atom. The summed E-state index contributed by atoms with van der Waals surface area (Å²) in [4.78, 5) is 17.6. The van der Waals surface area contributed by atoms with Crippen LogP contribution in [0.15, 0.2) is 36.7 Å². The maximum Gasteiger partial charge on any atom is 0.290 e. The van der Waals surface area contributed by atoms with Crippen molar-refractivity contribution in [2.75, 3.05) is 5.32 Å². The van der Waals surface area contributed by atoms with Crippen LogP contribution in [-0.4, -0.2) is 31.2 Å². The molecule has 2 saturated carbocycles. The monoisotopic (exact) mass is 545 g/mol. The molecule has 0 atom stereocenters. The summed E-state index contributed by atoms with van der Waals surface area (Å²) in [6, 6.07) is 11.5. The summed E-state index contributed by atoms with van der Waals surface area (Å²) in [6.07, 6.45) is 6.85. The van der Waals surface area contributed by atoms with Crippen LogP contribution in [0.3, 0.4) is 0 Å². The molecule has 3 aliphatic carbocycles. The predicted molar refractivity (Wildman–Crippen MR) is 145 cm³/mol. The Morgan fingerprint density at radius 1 is 1.23 bits per heavy atom. The fourth-order valence-corrected chi connectivity index (χ4v) is 6.63. The van der Waals surface area contributed by atoms with E-state index in [1.54, 1.807) is 18.5 Å². The van der Waals surface area contributed by atoms with Crippen LogP contribution < -0.4 is 10.6 Å². The van der Waals surface area contributed by atoms with Gasteiger partial charge in [0.1, 0.15) is 23.5 Å². The zero-order valence-electron chi connectivity index (χ0n) is 22.8. The van der Waals surface area contributed by atoms with Crippen molar-refractivity contribution >= 4 is 11.6 Å². The average Bonchev–Trinajstić information content (AvgIpc) is 3.45. The Hall–Kier alpha value is -3.71. The molecule has 0 aliphatic heterocycles. The van der Waals surface area contributed by atoms with Crippen molar-refractivity contribution in [2.24, 2.45) is 13.0 Å². The number of pyridine rings is 1. The predicted octanol–water partition coefficient (Wildman–Crippen LogP) is 5.14. The normalized spacial score (nSPS) is 23.9.